The van der Waals surface area contributed by atoms with E-state index in [1.807, 2.05) is 0 Å². The Kier molecular flexibility index (Phi) is 5.86. The number of anilines is 2. The Morgan fingerprint density at radius 1 is 1.11 bits per heavy atom. The third-order valence-electron chi connectivity index (χ3n) is 3.83. The van der Waals surface area contributed by atoms with Crippen LogP contribution in [0.3, 0.4) is 0 Å². The fraction of sp³-hybridized carbons (Fsp3) is 0.100. The zero-order valence-corrected chi connectivity index (χ0v) is 15.7. The average Bonchev–Trinajstić information content (AvgIpc) is 2.69. The van der Waals surface area contributed by atoms with Gasteiger partial charge in [-0.2, -0.15) is 0 Å². The van der Waals surface area contributed by atoms with Crippen LogP contribution in [0.4, 0.5) is 11.5 Å². The molecule has 0 aliphatic rings. The molecule has 0 saturated heterocycles. The van der Waals surface area contributed by atoms with Gasteiger partial charge in [0.2, 0.25) is 0 Å². The molecule has 0 radical (unpaired) electrons. The maximum Gasteiger partial charge on any atom is 0.343 e. The van der Waals surface area contributed by atoms with Crippen molar-refractivity contribution in [1.29, 1.82) is 0 Å². The maximum atomic E-state index is 12.3. The molecule has 0 fully saturated rings. The number of carbonyl (C=O) groups excluding carboxylic acids is 2. The monoisotopic (exact) mass is 396 g/mol. The van der Waals surface area contributed by atoms with E-state index in [2.05, 4.69) is 15.3 Å². The molecule has 8 heteroatoms. The summed E-state index contributed by atoms with van der Waals surface area (Å²) >= 11 is 5.93. The third kappa shape index (κ3) is 4.27. The van der Waals surface area contributed by atoms with Crippen molar-refractivity contribution >= 4 is 35.0 Å². The first-order chi connectivity index (χ1) is 13.5. The van der Waals surface area contributed by atoms with Gasteiger partial charge in [0.05, 0.1) is 17.9 Å². The highest BCUT2D eigenvalue weighted by molar-refractivity contribution is 6.30. The highest BCUT2D eigenvalue weighted by Crippen LogP contribution is 2.26. The lowest BCUT2D eigenvalue weighted by molar-refractivity contribution is 0.0526. The van der Waals surface area contributed by atoms with Gasteiger partial charge in [-0.3, -0.25) is 4.79 Å². The number of benzene rings is 2. The van der Waals surface area contributed by atoms with E-state index in [4.69, 9.17) is 22.1 Å². The van der Waals surface area contributed by atoms with Crippen LogP contribution in [-0.2, 0) is 4.74 Å². The molecule has 142 valence electrons. The highest BCUT2D eigenvalue weighted by Gasteiger charge is 2.18. The molecule has 1 aromatic heterocycles. The lowest BCUT2D eigenvalue weighted by Gasteiger charge is -2.13. The van der Waals surface area contributed by atoms with Crippen LogP contribution in [0.15, 0.2) is 54.7 Å². The number of hydrogen-bond donors (Lipinski definition) is 2. The van der Waals surface area contributed by atoms with Crippen molar-refractivity contribution in [2.24, 2.45) is 5.73 Å². The van der Waals surface area contributed by atoms with Gasteiger partial charge in [0.25, 0.3) is 5.91 Å². The molecule has 0 atom stereocenters. The van der Waals surface area contributed by atoms with Gasteiger partial charge < -0.3 is 15.8 Å². The largest absolute Gasteiger partial charge is 0.462 e. The second kappa shape index (κ2) is 8.49. The zero-order chi connectivity index (χ0) is 20.1. The van der Waals surface area contributed by atoms with Crippen LogP contribution in [0, 0.1) is 0 Å². The molecule has 3 aromatic rings. The summed E-state index contributed by atoms with van der Waals surface area (Å²) in [5.74, 6) is -0.604. The van der Waals surface area contributed by atoms with Crippen LogP contribution in [0.5, 0.6) is 0 Å². The van der Waals surface area contributed by atoms with Crippen molar-refractivity contribution < 1.29 is 14.3 Å². The summed E-state index contributed by atoms with van der Waals surface area (Å²) in [6, 6.07) is 13.6. The Bertz CT molecular complexity index is 1020. The first-order valence-electron chi connectivity index (χ1n) is 8.45. The van der Waals surface area contributed by atoms with Gasteiger partial charge in [0.15, 0.2) is 5.82 Å². The molecule has 2 aromatic carbocycles. The van der Waals surface area contributed by atoms with Gasteiger partial charge >= 0.3 is 5.97 Å². The number of amides is 1. The van der Waals surface area contributed by atoms with Gasteiger partial charge in [-0.15, -0.1) is 0 Å². The summed E-state index contributed by atoms with van der Waals surface area (Å²) < 4.78 is 5.08. The van der Waals surface area contributed by atoms with E-state index in [9.17, 15) is 9.59 Å². The minimum Gasteiger partial charge on any atom is -0.462 e. The molecule has 1 heterocycles. The highest BCUT2D eigenvalue weighted by atomic mass is 35.5. The number of hydrogen-bond acceptors (Lipinski definition) is 6. The van der Waals surface area contributed by atoms with Crippen LogP contribution in [0.25, 0.3) is 11.4 Å². The number of esters is 1. The van der Waals surface area contributed by atoms with Gasteiger partial charge in [-0.25, -0.2) is 14.8 Å². The fourth-order valence-corrected chi connectivity index (χ4v) is 2.63. The number of primary amides is 1. The lowest BCUT2D eigenvalue weighted by atomic mass is 10.1. The van der Waals surface area contributed by atoms with E-state index in [0.717, 1.165) is 0 Å². The van der Waals surface area contributed by atoms with Crippen LogP contribution >= 0.6 is 11.6 Å². The van der Waals surface area contributed by atoms with Gasteiger partial charge in [-0.1, -0.05) is 23.7 Å². The molecule has 3 N–H and O–H groups in total. The van der Waals surface area contributed by atoms with E-state index < -0.39 is 11.9 Å². The number of rotatable bonds is 6. The van der Waals surface area contributed by atoms with Crippen LogP contribution < -0.4 is 11.1 Å². The van der Waals surface area contributed by atoms with Gasteiger partial charge in [-0.05, 0) is 43.3 Å². The quantitative estimate of drug-likeness (QED) is 0.613. The number of ether oxygens (including phenoxy) is 1. The Hall–Kier alpha value is -3.45. The van der Waals surface area contributed by atoms with Crippen molar-refractivity contribution in [3.05, 3.63) is 70.9 Å². The number of nitrogens with one attached hydrogen (secondary N) is 1. The van der Waals surface area contributed by atoms with Crippen LogP contribution in [0.2, 0.25) is 5.02 Å². The molecular weight excluding hydrogens is 380 g/mol. The molecule has 0 bridgehead atoms. The number of nitrogens with two attached hydrogens (primary N) is 1. The van der Waals surface area contributed by atoms with Crippen LogP contribution in [0.1, 0.15) is 27.6 Å². The first-order valence-corrected chi connectivity index (χ1v) is 8.83. The SMILES string of the molecule is CCOC(=O)c1cnc(-c2ccc(Cl)cc2)nc1Nc1ccccc1C(N)=O. The minimum atomic E-state index is -0.604. The zero-order valence-electron chi connectivity index (χ0n) is 15.0. The fourth-order valence-electron chi connectivity index (χ4n) is 2.51. The van der Waals surface area contributed by atoms with E-state index in [1.54, 1.807) is 55.5 Å². The molecule has 0 aliphatic carbocycles. The van der Waals surface area contributed by atoms with E-state index in [-0.39, 0.29) is 23.6 Å². The topological polar surface area (TPSA) is 107 Å². The van der Waals surface area contributed by atoms with E-state index >= 15 is 0 Å². The van der Waals surface area contributed by atoms with Gasteiger partial charge in [0.1, 0.15) is 11.4 Å². The number of aromatic nitrogens is 2. The molecule has 0 unspecified atom stereocenters. The molecule has 0 aliphatic heterocycles. The van der Waals surface area contributed by atoms with Crippen LogP contribution in [-0.4, -0.2) is 28.5 Å². The molecular formula is C20H17ClN4O3. The standard InChI is InChI=1S/C20H17ClN4O3/c1-2-28-20(27)15-11-23-18(12-7-9-13(21)10-8-12)25-19(15)24-16-6-4-3-5-14(16)17(22)26/h3-11H,2H2,1H3,(H2,22,26)(H,23,24,25). The summed E-state index contributed by atoms with van der Waals surface area (Å²) in [6.07, 6.45) is 1.38. The normalized spacial score (nSPS) is 10.4. The van der Waals surface area contributed by atoms with Crippen molar-refractivity contribution in [2.75, 3.05) is 11.9 Å². The predicted molar refractivity (Wildman–Crippen MR) is 107 cm³/mol. The summed E-state index contributed by atoms with van der Waals surface area (Å²) in [5.41, 5.74) is 6.97. The lowest BCUT2D eigenvalue weighted by Crippen LogP contribution is -2.15. The van der Waals surface area contributed by atoms with Gasteiger partial charge in [0, 0.05) is 16.8 Å². The maximum absolute atomic E-state index is 12.3. The third-order valence-corrected chi connectivity index (χ3v) is 4.08. The van der Waals surface area contributed by atoms with Crippen molar-refractivity contribution in [3.63, 3.8) is 0 Å². The Morgan fingerprint density at radius 3 is 2.50 bits per heavy atom. The summed E-state index contributed by atoms with van der Waals surface area (Å²) in [4.78, 5) is 32.7. The Labute approximate surface area is 166 Å². The average molecular weight is 397 g/mol. The molecule has 0 saturated carbocycles. The summed E-state index contributed by atoms with van der Waals surface area (Å²) in [5, 5.41) is 3.59. The van der Waals surface area contributed by atoms with Crippen molar-refractivity contribution in [2.45, 2.75) is 6.92 Å². The molecule has 3 rings (SSSR count). The number of halogens is 1. The van der Waals surface area contributed by atoms with Crippen molar-refractivity contribution in [1.82, 2.24) is 9.97 Å². The Morgan fingerprint density at radius 2 is 1.82 bits per heavy atom. The molecule has 0 spiro atoms. The second-order valence-corrected chi connectivity index (χ2v) is 6.15. The predicted octanol–water partition coefficient (Wildman–Crippen LogP) is 3.82. The molecule has 28 heavy (non-hydrogen) atoms. The number of para-hydroxylation sites is 1. The smallest absolute Gasteiger partial charge is 0.343 e. The minimum absolute atomic E-state index is 0.138. The number of carbonyl (C=O) groups is 2. The second-order valence-electron chi connectivity index (χ2n) is 5.72. The molecule has 7 nitrogen and oxygen atoms in total. The summed E-state index contributed by atoms with van der Waals surface area (Å²) in [6.45, 7) is 1.91. The van der Waals surface area contributed by atoms with E-state index in [1.165, 1.54) is 6.20 Å². The summed E-state index contributed by atoms with van der Waals surface area (Å²) in [7, 11) is 0. The van der Waals surface area contributed by atoms with Crippen molar-refractivity contribution in [3.8, 4) is 11.4 Å². The first kappa shape index (κ1) is 19.3. The van der Waals surface area contributed by atoms with E-state index in [0.29, 0.717) is 22.1 Å². The Balaban J connectivity index is 2.07. The number of nitrogens with zero attached hydrogens (tertiary/aromatic N) is 2. The molecule has 1 amide bonds.